The first kappa shape index (κ1) is 14.9. The Bertz CT molecular complexity index is 463. The summed E-state index contributed by atoms with van der Waals surface area (Å²) in [6.45, 7) is 0.435. The Morgan fingerprint density at radius 3 is 2.63 bits per heavy atom. The number of aliphatic carboxylic acids is 1. The van der Waals surface area contributed by atoms with Crippen molar-refractivity contribution in [1.82, 2.24) is 5.32 Å². The van der Waals surface area contributed by atoms with Crippen molar-refractivity contribution >= 4 is 17.6 Å². The molecule has 6 heteroatoms. The van der Waals surface area contributed by atoms with Gasteiger partial charge in [-0.15, -0.1) is 0 Å². The predicted molar refractivity (Wildman–Crippen MR) is 69.2 cm³/mol. The molecular weight excluding hydrogens is 251 g/mol. The quantitative estimate of drug-likeness (QED) is 0.519. The molecule has 0 aromatic heterocycles. The lowest BCUT2D eigenvalue weighted by Crippen LogP contribution is -2.24. The zero-order valence-corrected chi connectivity index (χ0v) is 10.5. The number of rotatable bonds is 7. The molecule has 0 aliphatic carbocycles. The molecule has 0 aliphatic rings. The monoisotopic (exact) mass is 268 g/mol. The Balaban J connectivity index is 2.27. The third-order valence-corrected chi connectivity index (χ3v) is 2.62. The van der Waals surface area contributed by atoms with Gasteiger partial charge in [0.25, 0.3) is 5.91 Å². The molecule has 0 fully saturated rings. The van der Waals surface area contributed by atoms with Crippen LogP contribution >= 0.6 is 0 Å². The smallest absolute Gasteiger partial charge is 0.303 e. The molecule has 0 unspecified atom stereocenters. The summed E-state index contributed by atoms with van der Waals surface area (Å²) in [5.74, 6) is -1.80. The second-order valence-electron chi connectivity index (χ2n) is 4.20. The van der Waals surface area contributed by atoms with Crippen LogP contribution in [0.25, 0.3) is 0 Å². The first-order chi connectivity index (χ1) is 9.00. The number of halogens is 1. The van der Waals surface area contributed by atoms with E-state index in [0.717, 1.165) is 12.5 Å². The molecule has 1 aromatic rings. The number of hydrogen-bond donors (Lipinski definition) is 3. The van der Waals surface area contributed by atoms with E-state index in [1.807, 2.05) is 0 Å². The van der Waals surface area contributed by atoms with Gasteiger partial charge in [-0.05, 0) is 31.0 Å². The summed E-state index contributed by atoms with van der Waals surface area (Å²) in [5.41, 5.74) is 5.54. The Hall–Kier alpha value is -2.11. The van der Waals surface area contributed by atoms with E-state index in [4.69, 9.17) is 10.8 Å². The highest BCUT2D eigenvalue weighted by molar-refractivity contribution is 5.94. The molecule has 0 saturated carbocycles. The van der Waals surface area contributed by atoms with Crippen molar-refractivity contribution in [2.45, 2.75) is 25.7 Å². The number of anilines is 1. The van der Waals surface area contributed by atoms with Crippen LogP contribution in [0.4, 0.5) is 10.1 Å². The molecule has 1 rings (SSSR count). The number of unbranched alkanes of at least 4 members (excludes halogenated alkanes) is 2. The Morgan fingerprint density at radius 2 is 2.00 bits per heavy atom. The van der Waals surface area contributed by atoms with Gasteiger partial charge < -0.3 is 16.2 Å². The van der Waals surface area contributed by atoms with Crippen LogP contribution in [0.2, 0.25) is 0 Å². The molecule has 0 aliphatic heterocycles. The molecule has 0 heterocycles. The maximum absolute atomic E-state index is 13.1. The summed E-state index contributed by atoms with van der Waals surface area (Å²) in [5, 5.41) is 11.1. The topological polar surface area (TPSA) is 92.4 Å². The van der Waals surface area contributed by atoms with E-state index < -0.39 is 11.8 Å². The summed E-state index contributed by atoms with van der Waals surface area (Å²) in [4.78, 5) is 21.9. The van der Waals surface area contributed by atoms with Gasteiger partial charge in [-0.25, -0.2) is 4.39 Å². The van der Waals surface area contributed by atoms with Crippen molar-refractivity contribution in [3.8, 4) is 0 Å². The number of carboxylic acid groups (broad SMARTS) is 1. The summed E-state index contributed by atoms with van der Waals surface area (Å²) >= 11 is 0. The van der Waals surface area contributed by atoms with Gasteiger partial charge in [0.1, 0.15) is 5.82 Å². The molecule has 19 heavy (non-hydrogen) atoms. The van der Waals surface area contributed by atoms with Crippen LogP contribution in [-0.2, 0) is 4.79 Å². The molecule has 0 saturated heterocycles. The first-order valence-electron chi connectivity index (χ1n) is 6.05. The Kier molecular flexibility index (Phi) is 5.78. The molecule has 1 amide bonds. The molecule has 0 radical (unpaired) electrons. The lowest BCUT2D eigenvalue weighted by atomic mass is 10.1. The maximum atomic E-state index is 13.1. The number of amides is 1. The van der Waals surface area contributed by atoms with Gasteiger partial charge in [-0.3, -0.25) is 9.59 Å². The van der Waals surface area contributed by atoms with Gasteiger partial charge in [0.05, 0.1) is 5.69 Å². The van der Waals surface area contributed by atoms with Crippen LogP contribution in [0, 0.1) is 5.82 Å². The highest BCUT2D eigenvalue weighted by Gasteiger charge is 2.07. The largest absolute Gasteiger partial charge is 0.481 e. The molecule has 104 valence electrons. The highest BCUT2D eigenvalue weighted by Crippen LogP contribution is 2.11. The van der Waals surface area contributed by atoms with Crippen LogP contribution in [0.15, 0.2) is 18.2 Å². The fraction of sp³-hybridized carbons (Fsp3) is 0.385. The molecule has 1 aromatic carbocycles. The number of carbonyl (C=O) groups is 2. The minimum atomic E-state index is -0.818. The van der Waals surface area contributed by atoms with Crippen molar-refractivity contribution in [3.63, 3.8) is 0 Å². The van der Waals surface area contributed by atoms with E-state index in [1.165, 1.54) is 12.1 Å². The van der Waals surface area contributed by atoms with E-state index in [0.29, 0.717) is 19.4 Å². The zero-order chi connectivity index (χ0) is 14.3. The fourth-order valence-corrected chi connectivity index (χ4v) is 1.55. The normalized spacial score (nSPS) is 10.2. The van der Waals surface area contributed by atoms with Gasteiger partial charge in [-0.1, -0.05) is 6.42 Å². The number of benzene rings is 1. The van der Waals surface area contributed by atoms with Crippen LogP contribution in [0.5, 0.6) is 0 Å². The van der Waals surface area contributed by atoms with Gasteiger partial charge in [0.15, 0.2) is 0 Å². The lowest BCUT2D eigenvalue weighted by Gasteiger charge is -2.05. The molecule has 0 bridgehead atoms. The minimum absolute atomic E-state index is 0.00483. The van der Waals surface area contributed by atoms with Gasteiger partial charge >= 0.3 is 5.97 Å². The molecule has 0 atom stereocenters. The van der Waals surface area contributed by atoms with Crippen LogP contribution in [0.1, 0.15) is 36.0 Å². The van der Waals surface area contributed by atoms with Crippen LogP contribution in [0.3, 0.4) is 0 Å². The Labute approximate surface area is 110 Å². The van der Waals surface area contributed by atoms with Crippen molar-refractivity contribution in [2.75, 3.05) is 12.3 Å². The number of hydrogen-bond acceptors (Lipinski definition) is 3. The maximum Gasteiger partial charge on any atom is 0.303 e. The third-order valence-electron chi connectivity index (χ3n) is 2.62. The van der Waals surface area contributed by atoms with Gasteiger partial charge in [0.2, 0.25) is 0 Å². The number of carboxylic acids is 1. The van der Waals surface area contributed by atoms with Crippen molar-refractivity contribution in [3.05, 3.63) is 29.6 Å². The van der Waals surface area contributed by atoms with E-state index in [-0.39, 0.29) is 23.6 Å². The SMILES string of the molecule is Nc1ccc(C(=O)NCCCCCC(=O)O)cc1F. The van der Waals surface area contributed by atoms with Crippen LogP contribution < -0.4 is 11.1 Å². The molecular formula is C13H17FN2O3. The van der Waals surface area contributed by atoms with Crippen LogP contribution in [-0.4, -0.2) is 23.5 Å². The molecule has 0 spiro atoms. The predicted octanol–water partition coefficient (Wildman–Crippen LogP) is 1.78. The summed E-state index contributed by atoms with van der Waals surface area (Å²) in [6, 6.07) is 3.89. The van der Waals surface area contributed by atoms with Gasteiger partial charge in [-0.2, -0.15) is 0 Å². The molecule has 4 N–H and O–H groups in total. The first-order valence-corrected chi connectivity index (χ1v) is 6.05. The number of nitrogens with two attached hydrogens (primary N) is 1. The zero-order valence-electron chi connectivity index (χ0n) is 10.5. The van der Waals surface area contributed by atoms with E-state index in [2.05, 4.69) is 5.32 Å². The van der Waals surface area contributed by atoms with E-state index >= 15 is 0 Å². The highest BCUT2D eigenvalue weighted by atomic mass is 19.1. The van der Waals surface area contributed by atoms with Crippen molar-refractivity contribution < 1.29 is 19.1 Å². The van der Waals surface area contributed by atoms with E-state index in [1.54, 1.807) is 0 Å². The molecule has 5 nitrogen and oxygen atoms in total. The summed E-state index contributed by atoms with van der Waals surface area (Å²) in [7, 11) is 0. The third kappa shape index (κ3) is 5.37. The van der Waals surface area contributed by atoms with Crippen molar-refractivity contribution in [1.29, 1.82) is 0 Å². The standard InChI is InChI=1S/C13H17FN2O3/c14-10-8-9(5-6-11(10)15)13(19)16-7-3-1-2-4-12(17)18/h5-6,8H,1-4,7,15H2,(H,16,19)(H,17,18). The lowest BCUT2D eigenvalue weighted by molar-refractivity contribution is -0.137. The van der Waals surface area contributed by atoms with Crippen molar-refractivity contribution in [2.24, 2.45) is 0 Å². The summed E-state index contributed by atoms with van der Waals surface area (Å²) < 4.78 is 13.1. The summed E-state index contributed by atoms with van der Waals surface area (Å²) in [6.07, 6.45) is 2.14. The average Bonchev–Trinajstić information content (AvgIpc) is 2.36. The average molecular weight is 268 g/mol. The van der Waals surface area contributed by atoms with Gasteiger partial charge in [0, 0.05) is 18.5 Å². The fourth-order valence-electron chi connectivity index (χ4n) is 1.55. The Morgan fingerprint density at radius 1 is 1.26 bits per heavy atom. The minimum Gasteiger partial charge on any atom is -0.481 e. The second kappa shape index (κ2) is 7.35. The van der Waals surface area contributed by atoms with E-state index in [9.17, 15) is 14.0 Å². The number of carbonyl (C=O) groups excluding carboxylic acids is 1. The number of nitrogens with one attached hydrogen (secondary N) is 1. The second-order valence-corrected chi connectivity index (χ2v) is 4.20. The number of nitrogen functional groups attached to an aromatic ring is 1.